The van der Waals surface area contributed by atoms with E-state index in [1.807, 2.05) is 0 Å². The number of Topliss-reactive ketones (excluding diaryl/α,β-unsaturated/α-hetero) is 1. The van der Waals surface area contributed by atoms with Crippen molar-refractivity contribution in [1.82, 2.24) is 4.90 Å². The number of carbonyl (C=O) groups is 1. The van der Waals surface area contributed by atoms with Crippen LogP contribution in [0.25, 0.3) is 0 Å². The zero-order chi connectivity index (χ0) is 8.60. The van der Waals surface area contributed by atoms with Crippen LogP contribution in [0.2, 0.25) is 0 Å². The number of nitrogens with zero attached hydrogens (tertiary/aromatic N) is 1. The predicted octanol–water partition coefficient (Wildman–Crippen LogP) is 1.45. The van der Waals surface area contributed by atoms with Crippen LogP contribution in [0.15, 0.2) is 0 Å². The molecule has 1 spiro atoms. The van der Waals surface area contributed by atoms with E-state index in [1.54, 1.807) is 0 Å². The van der Waals surface area contributed by atoms with Crippen molar-refractivity contribution in [2.45, 2.75) is 32.1 Å². The van der Waals surface area contributed by atoms with Gasteiger partial charge in [-0.1, -0.05) is 0 Å². The third-order valence-corrected chi connectivity index (χ3v) is 3.50. The van der Waals surface area contributed by atoms with Gasteiger partial charge in [-0.2, -0.15) is 0 Å². The van der Waals surface area contributed by atoms with E-state index < -0.39 is 0 Å². The maximum absolute atomic E-state index is 11.1. The Morgan fingerprint density at radius 1 is 1.25 bits per heavy atom. The summed E-state index contributed by atoms with van der Waals surface area (Å²) in [5.41, 5.74) is 0.530. The van der Waals surface area contributed by atoms with E-state index in [-0.39, 0.29) is 0 Å². The fourth-order valence-electron chi connectivity index (χ4n) is 2.63. The van der Waals surface area contributed by atoms with Crippen LogP contribution in [0.5, 0.6) is 0 Å². The third kappa shape index (κ3) is 1.40. The number of ketones is 1. The molecule has 2 fully saturated rings. The Hall–Kier alpha value is -0.370. The van der Waals surface area contributed by atoms with Gasteiger partial charge in [0.05, 0.1) is 0 Å². The van der Waals surface area contributed by atoms with E-state index in [1.165, 1.54) is 19.5 Å². The SMILES string of the molecule is CN1CCC2(CCC(=O)CC2)C1. The molecule has 2 aliphatic rings. The maximum atomic E-state index is 11.1. The van der Waals surface area contributed by atoms with Crippen molar-refractivity contribution in [3.8, 4) is 0 Å². The summed E-state index contributed by atoms with van der Waals surface area (Å²) in [6.07, 6.45) is 5.30. The van der Waals surface area contributed by atoms with Crippen LogP contribution in [0, 0.1) is 5.41 Å². The summed E-state index contributed by atoms with van der Waals surface area (Å²) >= 11 is 0. The largest absolute Gasteiger partial charge is 0.306 e. The highest BCUT2D eigenvalue weighted by atomic mass is 16.1. The van der Waals surface area contributed by atoms with E-state index >= 15 is 0 Å². The van der Waals surface area contributed by atoms with Crippen LogP contribution >= 0.6 is 0 Å². The van der Waals surface area contributed by atoms with Crippen LogP contribution in [-0.4, -0.2) is 30.8 Å². The minimum absolute atomic E-state index is 0.482. The Morgan fingerprint density at radius 2 is 1.92 bits per heavy atom. The highest BCUT2D eigenvalue weighted by Crippen LogP contribution is 2.41. The van der Waals surface area contributed by atoms with Crippen molar-refractivity contribution in [2.75, 3.05) is 20.1 Å². The van der Waals surface area contributed by atoms with Crippen molar-refractivity contribution < 1.29 is 4.79 Å². The van der Waals surface area contributed by atoms with Crippen molar-refractivity contribution >= 4 is 5.78 Å². The number of hydrogen-bond acceptors (Lipinski definition) is 2. The standard InChI is InChI=1S/C10H17NO/c1-11-7-6-10(8-11)4-2-9(12)3-5-10/h2-8H2,1H3. The molecular weight excluding hydrogens is 150 g/mol. The molecule has 2 rings (SSSR count). The molecule has 2 heteroatoms. The molecular formula is C10H17NO. The van der Waals surface area contributed by atoms with Gasteiger partial charge in [-0.15, -0.1) is 0 Å². The molecule has 1 saturated heterocycles. The second kappa shape index (κ2) is 2.84. The monoisotopic (exact) mass is 167 g/mol. The molecule has 68 valence electrons. The maximum Gasteiger partial charge on any atom is 0.132 e. The highest BCUT2D eigenvalue weighted by Gasteiger charge is 2.39. The van der Waals surface area contributed by atoms with Crippen molar-refractivity contribution in [3.05, 3.63) is 0 Å². The van der Waals surface area contributed by atoms with Gasteiger partial charge in [0.2, 0.25) is 0 Å². The Kier molecular flexibility index (Phi) is 1.95. The van der Waals surface area contributed by atoms with Gasteiger partial charge in [-0.05, 0) is 38.3 Å². The smallest absolute Gasteiger partial charge is 0.132 e. The molecule has 2 nitrogen and oxygen atoms in total. The van der Waals surface area contributed by atoms with Crippen LogP contribution in [0.3, 0.4) is 0 Å². The van der Waals surface area contributed by atoms with Crippen LogP contribution < -0.4 is 0 Å². The fraction of sp³-hybridized carbons (Fsp3) is 0.900. The molecule has 12 heavy (non-hydrogen) atoms. The number of hydrogen-bond donors (Lipinski definition) is 0. The number of rotatable bonds is 0. The first-order chi connectivity index (χ1) is 5.70. The lowest BCUT2D eigenvalue weighted by Crippen LogP contribution is -2.30. The van der Waals surface area contributed by atoms with Gasteiger partial charge in [-0.25, -0.2) is 0 Å². The summed E-state index contributed by atoms with van der Waals surface area (Å²) in [5, 5.41) is 0. The molecule has 0 aromatic carbocycles. The van der Waals surface area contributed by atoms with Crippen molar-refractivity contribution in [1.29, 1.82) is 0 Å². The lowest BCUT2D eigenvalue weighted by Gasteiger charge is -2.32. The molecule has 0 bridgehead atoms. The van der Waals surface area contributed by atoms with Crippen molar-refractivity contribution in [3.63, 3.8) is 0 Å². The summed E-state index contributed by atoms with van der Waals surface area (Å²) in [4.78, 5) is 13.5. The van der Waals surface area contributed by atoms with E-state index in [0.717, 1.165) is 25.7 Å². The van der Waals surface area contributed by atoms with Gasteiger partial charge in [0.25, 0.3) is 0 Å². The lowest BCUT2D eigenvalue weighted by molar-refractivity contribution is -0.122. The second-order valence-corrected chi connectivity index (χ2v) is 4.53. The average molecular weight is 167 g/mol. The minimum atomic E-state index is 0.482. The normalized spacial score (nSPS) is 29.9. The molecule has 0 radical (unpaired) electrons. The average Bonchev–Trinajstić information content (AvgIpc) is 2.40. The summed E-state index contributed by atoms with van der Waals surface area (Å²) in [6.45, 7) is 2.45. The first-order valence-electron chi connectivity index (χ1n) is 4.91. The van der Waals surface area contributed by atoms with E-state index in [2.05, 4.69) is 11.9 Å². The quantitative estimate of drug-likeness (QED) is 0.544. The second-order valence-electron chi connectivity index (χ2n) is 4.53. The molecule has 0 N–H and O–H groups in total. The molecule has 0 aromatic rings. The summed E-state index contributed by atoms with van der Waals surface area (Å²) in [5.74, 6) is 0.482. The van der Waals surface area contributed by atoms with E-state index in [9.17, 15) is 4.79 Å². The molecule has 1 aliphatic heterocycles. The number of likely N-dealkylation sites (tertiary alicyclic amines) is 1. The Morgan fingerprint density at radius 3 is 2.42 bits per heavy atom. The van der Waals surface area contributed by atoms with Crippen LogP contribution in [0.1, 0.15) is 32.1 Å². The summed E-state index contributed by atoms with van der Waals surface area (Å²) in [6, 6.07) is 0. The van der Waals surface area contributed by atoms with E-state index in [4.69, 9.17) is 0 Å². The Bertz CT molecular complexity index is 190. The topological polar surface area (TPSA) is 20.3 Å². The van der Waals surface area contributed by atoms with Gasteiger partial charge < -0.3 is 4.90 Å². The van der Waals surface area contributed by atoms with Gasteiger partial charge in [-0.3, -0.25) is 4.79 Å². The molecule has 0 amide bonds. The highest BCUT2D eigenvalue weighted by molar-refractivity contribution is 5.79. The number of carbonyl (C=O) groups excluding carboxylic acids is 1. The predicted molar refractivity (Wildman–Crippen MR) is 48.0 cm³/mol. The van der Waals surface area contributed by atoms with Gasteiger partial charge >= 0.3 is 0 Å². The van der Waals surface area contributed by atoms with Crippen LogP contribution in [0.4, 0.5) is 0 Å². The molecule has 1 heterocycles. The molecule has 0 unspecified atom stereocenters. The minimum Gasteiger partial charge on any atom is -0.306 e. The molecule has 0 atom stereocenters. The van der Waals surface area contributed by atoms with Gasteiger partial charge in [0.15, 0.2) is 0 Å². The third-order valence-electron chi connectivity index (χ3n) is 3.50. The van der Waals surface area contributed by atoms with E-state index in [0.29, 0.717) is 11.2 Å². The molecule has 1 saturated carbocycles. The first-order valence-corrected chi connectivity index (χ1v) is 4.91. The van der Waals surface area contributed by atoms with Gasteiger partial charge in [0, 0.05) is 19.4 Å². The fourth-order valence-corrected chi connectivity index (χ4v) is 2.63. The molecule has 0 aromatic heterocycles. The zero-order valence-electron chi connectivity index (χ0n) is 7.81. The lowest BCUT2D eigenvalue weighted by atomic mass is 9.73. The first kappa shape index (κ1) is 8.24. The van der Waals surface area contributed by atoms with Crippen molar-refractivity contribution in [2.24, 2.45) is 5.41 Å². The zero-order valence-corrected chi connectivity index (χ0v) is 7.81. The summed E-state index contributed by atoms with van der Waals surface area (Å²) < 4.78 is 0. The molecule has 1 aliphatic carbocycles. The van der Waals surface area contributed by atoms with Crippen LogP contribution in [-0.2, 0) is 4.79 Å². The Labute approximate surface area is 73.9 Å². The Balaban J connectivity index is 1.99. The summed E-state index contributed by atoms with van der Waals surface area (Å²) in [7, 11) is 2.19. The van der Waals surface area contributed by atoms with Gasteiger partial charge in [0.1, 0.15) is 5.78 Å².